The molecule has 0 unspecified atom stereocenters. The van der Waals surface area contributed by atoms with Gasteiger partial charge in [0.1, 0.15) is 29.2 Å². The number of anilines is 1. The smallest absolute Gasteiger partial charge is 0.420 e. The summed E-state index contributed by atoms with van der Waals surface area (Å²) in [6.07, 6.45) is -3.04. The van der Waals surface area contributed by atoms with E-state index >= 15 is 0 Å². The zero-order valence-electron chi connectivity index (χ0n) is 17.1. The lowest BCUT2D eigenvalue weighted by Crippen LogP contribution is -2.19. The summed E-state index contributed by atoms with van der Waals surface area (Å²) in [6, 6.07) is 4.64. The Kier molecular flexibility index (Phi) is 6.42. The van der Waals surface area contributed by atoms with Crippen LogP contribution in [0.25, 0.3) is 0 Å². The molecule has 0 saturated carbocycles. The summed E-state index contributed by atoms with van der Waals surface area (Å²) < 4.78 is 49.9. The van der Waals surface area contributed by atoms with Gasteiger partial charge in [0.25, 0.3) is 0 Å². The maximum absolute atomic E-state index is 13.1. The van der Waals surface area contributed by atoms with Crippen molar-refractivity contribution in [2.45, 2.75) is 45.7 Å². The first-order valence-electron chi connectivity index (χ1n) is 9.79. The standard InChI is InChI=1S/C22H22F3NO5/c1-3-30-20(29)11-19(28)26-17-9-12(2)21(15-6-4-5-14(15)17)31-13-7-8-18(27)16(10-13)22(23,24)25/h7-10,27H,3-6,11H2,1-2H3,(H,26,28). The van der Waals surface area contributed by atoms with Gasteiger partial charge in [-0.3, -0.25) is 9.59 Å². The van der Waals surface area contributed by atoms with Gasteiger partial charge >= 0.3 is 12.1 Å². The van der Waals surface area contributed by atoms with E-state index in [2.05, 4.69) is 5.32 Å². The highest BCUT2D eigenvalue weighted by Crippen LogP contribution is 2.43. The van der Waals surface area contributed by atoms with Crippen LogP contribution in [0.3, 0.4) is 0 Å². The van der Waals surface area contributed by atoms with E-state index in [4.69, 9.17) is 9.47 Å². The van der Waals surface area contributed by atoms with Crippen LogP contribution in [0.15, 0.2) is 24.3 Å². The molecule has 0 heterocycles. The summed E-state index contributed by atoms with van der Waals surface area (Å²) in [4.78, 5) is 23.7. The third-order valence-corrected chi connectivity index (χ3v) is 4.91. The number of hydrogen-bond donors (Lipinski definition) is 2. The molecule has 2 N–H and O–H groups in total. The van der Waals surface area contributed by atoms with E-state index in [9.17, 15) is 27.9 Å². The van der Waals surface area contributed by atoms with Gasteiger partial charge in [0.15, 0.2) is 0 Å². The molecular weight excluding hydrogens is 415 g/mol. The number of carbonyl (C=O) groups excluding carboxylic acids is 2. The van der Waals surface area contributed by atoms with Crippen molar-refractivity contribution in [3.8, 4) is 17.2 Å². The summed E-state index contributed by atoms with van der Waals surface area (Å²) in [5, 5.41) is 12.2. The number of carbonyl (C=O) groups is 2. The molecule has 1 aliphatic rings. The first-order valence-corrected chi connectivity index (χ1v) is 9.79. The molecule has 1 aliphatic carbocycles. The van der Waals surface area contributed by atoms with Crippen LogP contribution in [0.4, 0.5) is 18.9 Å². The number of rotatable bonds is 6. The largest absolute Gasteiger partial charge is 0.507 e. The van der Waals surface area contributed by atoms with E-state index in [0.29, 0.717) is 29.8 Å². The number of alkyl halides is 3. The van der Waals surface area contributed by atoms with Gasteiger partial charge in [-0.1, -0.05) is 0 Å². The van der Waals surface area contributed by atoms with Crippen LogP contribution in [-0.4, -0.2) is 23.6 Å². The summed E-state index contributed by atoms with van der Waals surface area (Å²) in [6.45, 7) is 3.55. The molecule has 31 heavy (non-hydrogen) atoms. The van der Waals surface area contributed by atoms with E-state index in [1.165, 1.54) is 6.07 Å². The number of aryl methyl sites for hydroxylation is 1. The van der Waals surface area contributed by atoms with E-state index in [1.807, 2.05) is 0 Å². The van der Waals surface area contributed by atoms with E-state index in [-0.39, 0.29) is 12.4 Å². The van der Waals surface area contributed by atoms with Crippen LogP contribution in [-0.2, 0) is 33.3 Å². The quantitative estimate of drug-likeness (QED) is 0.496. The van der Waals surface area contributed by atoms with Crippen molar-refractivity contribution in [3.05, 3.63) is 46.5 Å². The number of nitrogens with one attached hydrogen (secondary N) is 1. The topological polar surface area (TPSA) is 84.9 Å². The maximum atomic E-state index is 13.1. The van der Waals surface area contributed by atoms with E-state index in [1.54, 1.807) is 19.9 Å². The van der Waals surface area contributed by atoms with Gasteiger partial charge in [0, 0.05) is 11.3 Å². The van der Waals surface area contributed by atoms with Crippen molar-refractivity contribution in [1.29, 1.82) is 0 Å². The van der Waals surface area contributed by atoms with Crippen molar-refractivity contribution >= 4 is 17.6 Å². The number of aromatic hydroxyl groups is 1. The Hall–Kier alpha value is -3.23. The Morgan fingerprint density at radius 1 is 1.16 bits per heavy atom. The number of ether oxygens (including phenoxy) is 2. The van der Waals surface area contributed by atoms with Crippen molar-refractivity contribution in [2.24, 2.45) is 0 Å². The fourth-order valence-corrected chi connectivity index (χ4v) is 3.61. The highest BCUT2D eigenvalue weighted by Gasteiger charge is 2.34. The molecule has 0 spiro atoms. The molecule has 2 aromatic rings. The van der Waals surface area contributed by atoms with Gasteiger partial charge in [-0.15, -0.1) is 0 Å². The van der Waals surface area contributed by atoms with Crippen LogP contribution >= 0.6 is 0 Å². The molecule has 0 aromatic heterocycles. The van der Waals surface area contributed by atoms with Crippen molar-refractivity contribution < 1.29 is 37.3 Å². The lowest BCUT2D eigenvalue weighted by Gasteiger charge is -2.18. The summed E-state index contributed by atoms with van der Waals surface area (Å²) in [7, 11) is 0. The number of halogens is 3. The molecule has 0 aliphatic heterocycles. The average Bonchev–Trinajstić information content (AvgIpc) is 3.15. The van der Waals surface area contributed by atoms with Crippen LogP contribution < -0.4 is 10.1 Å². The number of amides is 1. The van der Waals surface area contributed by atoms with Gasteiger partial charge in [-0.25, -0.2) is 0 Å². The number of esters is 1. The first-order chi connectivity index (χ1) is 14.6. The highest BCUT2D eigenvalue weighted by molar-refractivity contribution is 6.02. The lowest BCUT2D eigenvalue weighted by atomic mass is 10.0. The third kappa shape index (κ3) is 5.10. The van der Waals surface area contributed by atoms with Crippen LogP contribution in [0.1, 0.15) is 42.0 Å². The minimum Gasteiger partial charge on any atom is -0.507 e. The Bertz CT molecular complexity index is 1020. The molecule has 1 amide bonds. The SMILES string of the molecule is CCOC(=O)CC(=O)Nc1cc(C)c(Oc2ccc(O)c(C(F)(F)F)c2)c2c1CCC2. The van der Waals surface area contributed by atoms with Gasteiger partial charge < -0.3 is 19.9 Å². The van der Waals surface area contributed by atoms with Crippen LogP contribution in [0.5, 0.6) is 17.2 Å². The molecule has 166 valence electrons. The van der Waals surface area contributed by atoms with Crippen LogP contribution in [0, 0.1) is 6.92 Å². The van der Waals surface area contributed by atoms with Gasteiger partial charge in [0.05, 0.1) is 6.61 Å². The number of hydrogen-bond acceptors (Lipinski definition) is 5. The van der Waals surface area contributed by atoms with Gasteiger partial charge in [-0.2, -0.15) is 13.2 Å². The highest BCUT2D eigenvalue weighted by atomic mass is 19.4. The van der Waals surface area contributed by atoms with Crippen LogP contribution in [0.2, 0.25) is 0 Å². The molecule has 0 fully saturated rings. The molecule has 2 aromatic carbocycles. The predicted molar refractivity (Wildman–Crippen MR) is 106 cm³/mol. The van der Waals surface area contributed by atoms with Crippen molar-refractivity contribution in [2.75, 3.05) is 11.9 Å². The Balaban J connectivity index is 1.88. The maximum Gasteiger partial charge on any atom is 0.420 e. The second-order valence-corrected chi connectivity index (χ2v) is 7.19. The minimum atomic E-state index is -4.71. The number of phenolic OH excluding ortho intramolecular Hbond substituents is 1. The second kappa shape index (κ2) is 8.87. The fraction of sp³-hybridized carbons (Fsp3) is 0.364. The molecule has 3 rings (SSSR count). The van der Waals surface area contributed by atoms with E-state index < -0.39 is 35.8 Å². The number of benzene rings is 2. The number of fused-ring (bicyclic) bond motifs is 1. The zero-order valence-corrected chi connectivity index (χ0v) is 17.1. The molecule has 9 heteroatoms. The van der Waals surface area contributed by atoms with E-state index in [0.717, 1.165) is 29.7 Å². The minimum absolute atomic E-state index is 0.0542. The summed E-state index contributed by atoms with van der Waals surface area (Å²) in [5.41, 5.74) is 1.62. The van der Waals surface area contributed by atoms with Crippen molar-refractivity contribution in [1.82, 2.24) is 0 Å². The monoisotopic (exact) mass is 437 g/mol. The molecule has 0 atom stereocenters. The molecule has 0 bridgehead atoms. The normalized spacial score (nSPS) is 12.9. The summed E-state index contributed by atoms with van der Waals surface area (Å²) in [5.74, 6) is -1.63. The average molecular weight is 437 g/mol. The second-order valence-electron chi connectivity index (χ2n) is 7.19. The molecule has 6 nitrogen and oxygen atoms in total. The first kappa shape index (κ1) is 22.5. The molecule has 0 saturated heterocycles. The fourth-order valence-electron chi connectivity index (χ4n) is 3.61. The number of phenols is 1. The van der Waals surface area contributed by atoms with Gasteiger partial charge in [0.2, 0.25) is 5.91 Å². The van der Waals surface area contributed by atoms with Crippen molar-refractivity contribution in [3.63, 3.8) is 0 Å². The predicted octanol–water partition coefficient (Wildman–Crippen LogP) is 4.89. The molecule has 0 radical (unpaired) electrons. The van der Waals surface area contributed by atoms with Gasteiger partial charge in [-0.05, 0) is 68.5 Å². The lowest BCUT2D eigenvalue weighted by molar-refractivity contribution is -0.145. The third-order valence-electron chi connectivity index (χ3n) is 4.91. The summed E-state index contributed by atoms with van der Waals surface area (Å²) >= 11 is 0. The zero-order chi connectivity index (χ0) is 22.8. The molecular formula is C22H22F3NO5. The Morgan fingerprint density at radius 3 is 2.55 bits per heavy atom. The Morgan fingerprint density at radius 2 is 1.87 bits per heavy atom. The Labute approximate surface area is 177 Å².